The van der Waals surface area contributed by atoms with Crippen molar-refractivity contribution in [1.29, 1.82) is 0 Å². The average Bonchev–Trinajstić information content (AvgIpc) is 3.31. The second kappa shape index (κ2) is 10.4. The summed E-state index contributed by atoms with van der Waals surface area (Å²) in [5, 5.41) is 2.61. The van der Waals surface area contributed by atoms with Crippen molar-refractivity contribution in [2.75, 3.05) is 18.5 Å². The molecule has 1 aliphatic carbocycles. The third kappa shape index (κ3) is 5.63. The van der Waals surface area contributed by atoms with E-state index in [2.05, 4.69) is 20.3 Å². The first kappa shape index (κ1) is 23.9. The van der Waals surface area contributed by atoms with E-state index in [1.54, 1.807) is 17.0 Å². The van der Waals surface area contributed by atoms with Gasteiger partial charge in [0.15, 0.2) is 17.3 Å². The quantitative estimate of drug-likeness (QED) is 0.679. The van der Waals surface area contributed by atoms with E-state index in [1.165, 1.54) is 24.8 Å². The van der Waals surface area contributed by atoms with Crippen LogP contribution in [0.5, 0.6) is 5.75 Å². The summed E-state index contributed by atoms with van der Waals surface area (Å²) in [6, 6.07) is 3.06. The minimum atomic E-state index is -4.20. The Balaban J connectivity index is 1.35. The van der Waals surface area contributed by atoms with Crippen LogP contribution in [0.15, 0.2) is 36.9 Å². The van der Waals surface area contributed by atoms with E-state index in [9.17, 15) is 22.8 Å². The van der Waals surface area contributed by atoms with Crippen LogP contribution in [0.1, 0.15) is 49.0 Å². The first-order valence-electron chi connectivity index (χ1n) is 11.4. The van der Waals surface area contributed by atoms with Crippen LogP contribution in [0, 0.1) is 11.8 Å². The Morgan fingerprint density at radius 3 is 2.59 bits per heavy atom. The number of anilines is 1. The molecule has 1 saturated carbocycles. The molecule has 0 unspecified atom stereocenters. The average molecular weight is 477 g/mol. The van der Waals surface area contributed by atoms with E-state index in [0.29, 0.717) is 6.54 Å². The normalized spacial score (nSPS) is 22.9. The lowest BCUT2D eigenvalue weighted by Gasteiger charge is -2.33. The third-order valence-electron chi connectivity index (χ3n) is 6.42. The summed E-state index contributed by atoms with van der Waals surface area (Å²) in [6.45, 7) is 0.722. The number of carbonyl (C=O) groups is 2. The predicted octanol–water partition coefficient (Wildman–Crippen LogP) is 3.86. The third-order valence-corrected chi connectivity index (χ3v) is 6.42. The Morgan fingerprint density at radius 1 is 1.09 bits per heavy atom. The molecule has 2 amide bonds. The molecule has 2 aromatic heterocycles. The molecule has 0 aromatic carbocycles. The number of alkyl halides is 3. The van der Waals surface area contributed by atoms with E-state index >= 15 is 0 Å². The van der Waals surface area contributed by atoms with Crippen molar-refractivity contribution < 1.29 is 27.5 Å². The van der Waals surface area contributed by atoms with Crippen molar-refractivity contribution in [3.05, 3.63) is 42.6 Å². The fourth-order valence-electron chi connectivity index (χ4n) is 4.60. The summed E-state index contributed by atoms with van der Waals surface area (Å²) in [5.41, 5.74) is 0.0782. The lowest BCUT2D eigenvalue weighted by atomic mass is 9.81. The Bertz CT molecular complexity index is 997. The van der Waals surface area contributed by atoms with Gasteiger partial charge in [0.25, 0.3) is 5.91 Å². The Hall–Kier alpha value is -3.24. The van der Waals surface area contributed by atoms with Gasteiger partial charge in [-0.1, -0.05) is 0 Å². The zero-order chi connectivity index (χ0) is 24.1. The number of nitrogens with one attached hydrogen (secondary N) is 1. The first-order chi connectivity index (χ1) is 16.3. The van der Waals surface area contributed by atoms with E-state index in [0.717, 1.165) is 12.8 Å². The molecule has 4 rings (SSSR count). The molecular formula is C23H26F3N5O3. The van der Waals surface area contributed by atoms with Crippen LogP contribution in [0.4, 0.5) is 19.0 Å². The lowest BCUT2D eigenvalue weighted by molar-refractivity contribution is -0.185. The monoisotopic (exact) mass is 477 g/mol. The maximum atomic E-state index is 13.1. The Morgan fingerprint density at radius 2 is 1.88 bits per heavy atom. The van der Waals surface area contributed by atoms with Gasteiger partial charge in [0.05, 0.1) is 18.2 Å². The van der Waals surface area contributed by atoms with Crippen molar-refractivity contribution in [3.63, 3.8) is 0 Å². The number of amides is 2. The van der Waals surface area contributed by atoms with Gasteiger partial charge in [0, 0.05) is 31.1 Å². The minimum Gasteiger partial charge on any atom is -0.489 e. The molecular weight excluding hydrogens is 451 g/mol. The number of carbonyl (C=O) groups excluding carboxylic acids is 2. The summed E-state index contributed by atoms with van der Waals surface area (Å²) >= 11 is 0. The van der Waals surface area contributed by atoms with Crippen LogP contribution in [0.3, 0.4) is 0 Å². The van der Waals surface area contributed by atoms with Crippen LogP contribution in [-0.4, -0.2) is 57.0 Å². The van der Waals surface area contributed by atoms with Crippen molar-refractivity contribution in [2.24, 2.45) is 11.8 Å². The van der Waals surface area contributed by atoms with Gasteiger partial charge in [-0.15, -0.1) is 0 Å². The molecule has 0 spiro atoms. The summed E-state index contributed by atoms with van der Waals surface area (Å²) in [5.74, 6) is -1.75. The maximum Gasteiger partial charge on any atom is 0.391 e. The van der Waals surface area contributed by atoms with E-state index in [4.69, 9.17) is 4.74 Å². The van der Waals surface area contributed by atoms with Gasteiger partial charge in [-0.2, -0.15) is 13.2 Å². The minimum absolute atomic E-state index is 0.00510. The second-order valence-electron chi connectivity index (χ2n) is 8.62. The van der Waals surface area contributed by atoms with Crippen molar-refractivity contribution in [1.82, 2.24) is 19.9 Å². The molecule has 8 nitrogen and oxygen atoms in total. The number of ether oxygens (including phenoxy) is 1. The molecule has 2 aromatic rings. The zero-order valence-corrected chi connectivity index (χ0v) is 18.5. The van der Waals surface area contributed by atoms with Crippen LogP contribution in [-0.2, 0) is 4.79 Å². The lowest BCUT2D eigenvalue weighted by Crippen LogP contribution is -2.44. The number of nitrogens with zero attached hydrogens (tertiary/aromatic N) is 4. The van der Waals surface area contributed by atoms with Crippen LogP contribution in [0.25, 0.3) is 0 Å². The molecule has 0 radical (unpaired) electrons. The number of rotatable bonds is 6. The largest absolute Gasteiger partial charge is 0.489 e. The number of hydrogen-bond acceptors (Lipinski definition) is 6. The molecule has 11 heteroatoms. The number of hydrogen-bond donors (Lipinski definition) is 1. The molecule has 1 saturated heterocycles. The zero-order valence-electron chi connectivity index (χ0n) is 18.5. The fraction of sp³-hybridized carbons (Fsp3) is 0.522. The number of halogens is 3. The highest BCUT2D eigenvalue weighted by Crippen LogP contribution is 2.40. The first-order valence-corrected chi connectivity index (χ1v) is 11.4. The Labute approximate surface area is 194 Å². The fourth-order valence-corrected chi connectivity index (χ4v) is 4.60. The van der Waals surface area contributed by atoms with Gasteiger partial charge in [0.2, 0.25) is 5.91 Å². The molecule has 3 heterocycles. The molecule has 2 fully saturated rings. The van der Waals surface area contributed by atoms with Crippen molar-refractivity contribution in [3.8, 4) is 5.75 Å². The SMILES string of the molecule is O=C(Nc1cnccn1)c1ncccc1OC[C@H]1CCCN1C(=O)[C@H]1CC[C@H](C(F)(F)F)CC1. The highest BCUT2D eigenvalue weighted by atomic mass is 19.4. The van der Waals surface area contributed by atoms with Gasteiger partial charge >= 0.3 is 6.18 Å². The molecule has 1 atom stereocenters. The molecule has 34 heavy (non-hydrogen) atoms. The van der Waals surface area contributed by atoms with Crippen LogP contribution in [0.2, 0.25) is 0 Å². The number of pyridine rings is 1. The summed E-state index contributed by atoms with van der Waals surface area (Å²) in [7, 11) is 0. The van der Waals surface area contributed by atoms with Gasteiger partial charge in [-0.3, -0.25) is 14.6 Å². The smallest absolute Gasteiger partial charge is 0.391 e. The van der Waals surface area contributed by atoms with E-state index < -0.39 is 18.0 Å². The Kier molecular flexibility index (Phi) is 7.28. The summed E-state index contributed by atoms with van der Waals surface area (Å²) in [6.07, 6.45) is 3.64. The maximum absolute atomic E-state index is 13.1. The highest BCUT2D eigenvalue weighted by molar-refractivity contribution is 6.04. The molecule has 182 valence electrons. The van der Waals surface area contributed by atoms with Gasteiger partial charge < -0.3 is 15.0 Å². The number of likely N-dealkylation sites (tertiary alicyclic amines) is 1. The van der Waals surface area contributed by atoms with E-state index in [-0.39, 0.29) is 67.4 Å². The standard InChI is InChI=1S/C23H26F3N5O3/c24-23(25,26)16-7-5-15(6-8-16)22(33)31-12-2-3-17(31)14-34-18-4-1-9-29-20(18)21(32)30-19-13-27-10-11-28-19/h1,4,9-11,13,15-17H,2-3,5-8,12,14H2,(H,28,30,32)/t15-,16-,17-/m1/s1. The van der Waals surface area contributed by atoms with Gasteiger partial charge in [-0.05, 0) is 50.7 Å². The van der Waals surface area contributed by atoms with E-state index in [1.807, 2.05) is 0 Å². The highest BCUT2D eigenvalue weighted by Gasteiger charge is 2.44. The van der Waals surface area contributed by atoms with Crippen molar-refractivity contribution in [2.45, 2.75) is 50.7 Å². The molecule has 2 aliphatic rings. The number of aromatic nitrogens is 3. The van der Waals surface area contributed by atoms with Crippen LogP contribution < -0.4 is 10.1 Å². The molecule has 1 aliphatic heterocycles. The topological polar surface area (TPSA) is 97.3 Å². The second-order valence-corrected chi connectivity index (χ2v) is 8.62. The predicted molar refractivity (Wildman–Crippen MR) is 116 cm³/mol. The van der Waals surface area contributed by atoms with Gasteiger partial charge in [0.1, 0.15) is 6.61 Å². The van der Waals surface area contributed by atoms with Gasteiger partial charge in [-0.25, -0.2) is 9.97 Å². The molecule has 0 bridgehead atoms. The summed E-state index contributed by atoms with van der Waals surface area (Å²) in [4.78, 5) is 39.4. The van der Waals surface area contributed by atoms with Crippen LogP contribution >= 0.6 is 0 Å². The summed E-state index contributed by atoms with van der Waals surface area (Å²) < 4.78 is 44.8. The molecule has 1 N–H and O–H groups in total. The van der Waals surface area contributed by atoms with Crippen molar-refractivity contribution >= 4 is 17.6 Å².